The van der Waals surface area contributed by atoms with Gasteiger partial charge in [-0.15, -0.1) is 0 Å². The van der Waals surface area contributed by atoms with Crippen LogP contribution in [0.4, 0.5) is 0 Å². The number of ether oxygens (including phenoxy) is 3. The van der Waals surface area contributed by atoms with Crippen LogP contribution in [0.2, 0.25) is 0 Å². The molecule has 8 heteroatoms. The van der Waals surface area contributed by atoms with Gasteiger partial charge in [-0.1, -0.05) is 12.1 Å². The van der Waals surface area contributed by atoms with Crippen LogP contribution < -0.4 is 9.47 Å². The second kappa shape index (κ2) is 7.62. The lowest BCUT2D eigenvalue weighted by atomic mass is 9.53. The molecule has 170 valence electrons. The molecule has 2 aliphatic heterocycles. The van der Waals surface area contributed by atoms with Crippen LogP contribution in [-0.4, -0.2) is 59.3 Å². The quantitative estimate of drug-likeness (QED) is 0.407. The van der Waals surface area contributed by atoms with Gasteiger partial charge in [-0.3, -0.25) is 19.3 Å². The number of carboxylic acid groups (broad SMARTS) is 1. The minimum Gasteiger partial charge on any atom is -0.481 e. The number of carboxylic acids is 1. The van der Waals surface area contributed by atoms with Crippen molar-refractivity contribution in [2.75, 3.05) is 13.1 Å². The first kappa shape index (κ1) is 21.0. The third-order valence-electron chi connectivity index (χ3n) is 7.34. The summed E-state index contributed by atoms with van der Waals surface area (Å²) in [6, 6.07) is 3.99. The second-order valence-electron chi connectivity index (χ2n) is 9.14. The van der Waals surface area contributed by atoms with Crippen LogP contribution in [-0.2, 0) is 31.0 Å². The van der Waals surface area contributed by atoms with Crippen molar-refractivity contribution < 1.29 is 33.7 Å². The minimum absolute atomic E-state index is 0.138. The topological polar surface area (TPSA) is 102 Å². The highest BCUT2D eigenvalue weighted by Crippen LogP contribution is 2.62. The molecule has 1 aromatic rings. The van der Waals surface area contributed by atoms with Gasteiger partial charge in [0.2, 0.25) is 0 Å². The maximum atomic E-state index is 11.8. The normalized spacial score (nSPS) is 31.4. The van der Waals surface area contributed by atoms with Crippen molar-refractivity contribution in [2.45, 2.75) is 63.2 Å². The third kappa shape index (κ3) is 3.11. The molecule has 1 spiro atoms. The number of hydrogen-bond acceptors (Lipinski definition) is 7. The van der Waals surface area contributed by atoms with E-state index < -0.39 is 24.1 Å². The molecule has 2 unspecified atom stereocenters. The van der Waals surface area contributed by atoms with Crippen LogP contribution in [0.25, 0.3) is 0 Å². The molecule has 0 aromatic heterocycles. The Morgan fingerprint density at radius 1 is 1.22 bits per heavy atom. The zero-order valence-electron chi connectivity index (χ0n) is 18.2. The van der Waals surface area contributed by atoms with Gasteiger partial charge in [0.15, 0.2) is 17.6 Å². The molecule has 2 aliphatic carbocycles. The van der Waals surface area contributed by atoms with Gasteiger partial charge in [-0.25, -0.2) is 0 Å². The highest BCUT2D eigenvalue weighted by atomic mass is 16.6. The summed E-state index contributed by atoms with van der Waals surface area (Å²) in [6.45, 7) is 4.29. The summed E-state index contributed by atoms with van der Waals surface area (Å²) in [5, 5.41) is 9.04. The lowest BCUT2D eigenvalue weighted by Crippen LogP contribution is -2.65. The molecule has 1 N–H and O–H groups in total. The van der Waals surface area contributed by atoms with E-state index >= 15 is 0 Å². The summed E-state index contributed by atoms with van der Waals surface area (Å²) < 4.78 is 17.6. The van der Waals surface area contributed by atoms with Gasteiger partial charge in [0, 0.05) is 43.2 Å². The molecular formula is C24H27NO7. The fraction of sp³-hybridized carbons (Fsp3) is 0.542. The number of hydrogen-bond donors (Lipinski definition) is 1. The zero-order valence-corrected chi connectivity index (χ0v) is 18.2. The molecule has 1 fully saturated rings. The van der Waals surface area contributed by atoms with Crippen LogP contribution in [0.5, 0.6) is 11.5 Å². The maximum absolute atomic E-state index is 11.8. The Morgan fingerprint density at radius 2 is 2.03 bits per heavy atom. The summed E-state index contributed by atoms with van der Waals surface area (Å²) in [5.74, 6) is -0.423. The van der Waals surface area contributed by atoms with Crippen molar-refractivity contribution in [2.24, 2.45) is 5.92 Å². The van der Waals surface area contributed by atoms with E-state index in [0.29, 0.717) is 17.9 Å². The van der Waals surface area contributed by atoms with E-state index in [1.807, 2.05) is 12.1 Å². The van der Waals surface area contributed by atoms with Crippen molar-refractivity contribution in [1.29, 1.82) is 0 Å². The van der Waals surface area contributed by atoms with E-state index in [1.54, 1.807) is 6.07 Å². The van der Waals surface area contributed by atoms with Gasteiger partial charge in [-0.05, 0) is 50.1 Å². The fourth-order valence-corrected chi connectivity index (χ4v) is 6.34. The molecule has 0 amide bonds. The van der Waals surface area contributed by atoms with E-state index in [0.717, 1.165) is 37.1 Å². The average Bonchev–Trinajstić information content (AvgIpc) is 3.06. The average molecular weight is 441 g/mol. The first-order valence-corrected chi connectivity index (χ1v) is 11.1. The molecule has 0 saturated carbocycles. The van der Waals surface area contributed by atoms with Crippen LogP contribution >= 0.6 is 0 Å². The number of likely N-dealkylation sites (tertiary alicyclic amines) is 1. The van der Waals surface area contributed by atoms with Crippen molar-refractivity contribution in [3.63, 3.8) is 0 Å². The number of piperidine rings is 1. The number of carbonyl (C=O) groups excluding carboxylic acids is 2. The Bertz CT molecular complexity index is 1020. The molecule has 5 rings (SSSR count). The number of esters is 2. The van der Waals surface area contributed by atoms with Crippen molar-refractivity contribution in [3.8, 4) is 11.5 Å². The molecule has 1 saturated heterocycles. The monoisotopic (exact) mass is 441 g/mol. The molecule has 0 radical (unpaired) electrons. The molecule has 32 heavy (non-hydrogen) atoms. The number of nitrogens with zero attached hydrogens (tertiary/aromatic N) is 1. The van der Waals surface area contributed by atoms with Gasteiger partial charge in [0.25, 0.3) is 0 Å². The Hall–Kier alpha value is -2.87. The van der Waals surface area contributed by atoms with Crippen LogP contribution in [0.1, 0.15) is 44.2 Å². The molecular weight excluding hydrogens is 414 g/mol. The number of carbonyl (C=O) groups is 3. The summed E-state index contributed by atoms with van der Waals surface area (Å²) in [7, 11) is 0. The minimum atomic E-state index is -0.777. The van der Waals surface area contributed by atoms with Gasteiger partial charge >= 0.3 is 17.9 Å². The van der Waals surface area contributed by atoms with E-state index in [2.05, 4.69) is 11.0 Å². The van der Waals surface area contributed by atoms with Gasteiger partial charge < -0.3 is 19.3 Å². The second-order valence-corrected chi connectivity index (χ2v) is 9.14. The van der Waals surface area contributed by atoms with E-state index in [9.17, 15) is 14.4 Å². The van der Waals surface area contributed by atoms with Gasteiger partial charge in [0.1, 0.15) is 6.10 Å². The first-order chi connectivity index (χ1) is 15.3. The Kier molecular flexibility index (Phi) is 5.00. The largest absolute Gasteiger partial charge is 0.481 e. The SMILES string of the molecule is CC(=O)Oc1ccc2c3c1O[C@H]1[C@@H](OC(C)=O)C=CC4C(C2)N(CCCC(=O)O)CC[C@@]341. The number of benzene rings is 1. The van der Waals surface area contributed by atoms with Crippen molar-refractivity contribution >= 4 is 17.9 Å². The Morgan fingerprint density at radius 3 is 2.75 bits per heavy atom. The van der Waals surface area contributed by atoms with Crippen molar-refractivity contribution in [1.82, 2.24) is 4.90 Å². The van der Waals surface area contributed by atoms with E-state index in [-0.39, 0.29) is 29.8 Å². The van der Waals surface area contributed by atoms with Gasteiger partial charge in [0.05, 0.1) is 0 Å². The predicted molar refractivity (Wildman–Crippen MR) is 113 cm³/mol. The first-order valence-electron chi connectivity index (χ1n) is 11.1. The Balaban J connectivity index is 1.58. The lowest BCUT2D eigenvalue weighted by molar-refractivity contribution is -0.152. The highest BCUT2D eigenvalue weighted by Gasteiger charge is 2.65. The third-order valence-corrected chi connectivity index (χ3v) is 7.34. The molecule has 1 aromatic carbocycles. The summed E-state index contributed by atoms with van der Waals surface area (Å²) in [6.07, 6.45) is 5.51. The smallest absolute Gasteiger partial charge is 0.308 e. The van der Waals surface area contributed by atoms with Crippen molar-refractivity contribution in [3.05, 3.63) is 35.4 Å². The highest BCUT2D eigenvalue weighted by molar-refractivity contribution is 5.73. The summed E-state index contributed by atoms with van der Waals surface area (Å²) in [4.78, 5) is 36.9. The molecule has 2 heterocycles. The lowest BCUT2D eigenvalue weighted by Gasteiger charge is -2.57. The van der Waals surface area contributed by atoms with Crippen LogP contribution in [0.3, 0.4) is 0 Å². The maximum Gasteiger partial charge on any atom is 0.308 e. The Labute approximate surface area is 186 Å². The summed E-state index contributed by atoms with van der Waals surface area (Å²) >= 11 is 0. The fourth-order valence-electron chi connectivity index (χ4n) is 6.34. The summed E-state index contributed by atoms with van der Waals surface area (Å²) in [5.41, 5.74) is 1.86. The van der Waals surface area contributed by atoms with Crippen LogP contribution in [0, 0.1) is 5.92 Å². The molecule has 8 nitrogen and oxygen atoms in total. The number of rotatable bonds is 6. The van der Waals surface area contributed by atoms with Crippen LogP contribution in [0.15, 0.2) is 24.3 Å². The molecule has 2 bridgehead atoms. The number of aliphatic carboxylic acids is 1. The zero-order chi connectivity index (χ0) is 22.6. The van der Waals surface area contributed by atoms with E-state index in [4.69, 9.17) is 19.3 Å². The predicted octanol–water partition coefficient (Wildman–Crippen LogP) is 2.22. The molecule has 5 atom stereocenters. The van der Waals surface area contributed by atoms with E-state index in [1.165, 1.54) is 13.8 Å². The molecule has 4 aliphatic rings. The standard InChI is InChI=1S/C24H27NO7/c1-13(26)30-18-7-5-15-12-17-16-6-8-19(31-14(2)27)23-24(16,21(15)22(18)32-23)9-11-25(17)10-3-4-20(28)29/h5-8,16-17,19,23H,3-4,9-12H2,1-2H3,(H,28,29)/t16?,17?,19-,23-,24-/m0/s1. The van der Waals surface area contributed by atoms with Gasteiger partial charge in [-0.2, -0.15) is 0 Å².